The molecular weight excluding hydrogens is 282 g/mol. The Bertz CT molecular complexity index is 826. The first kappa shape index (κ1) is 15.0. The summed E-state index contributed by atoms with van der Waals surface area (Å²) in [5, 5.41) is 9.23. The number of hydrogen-bond acceptors (Lipinski definition) is 3. The molecule has 0 aliphatic carbocycles. The average Bonchev–Trinajstić information content (AvgIpc) is 2.46. The highest BCUT2D eigenvalue weighted by Crippen LogP contribution is 2.22. The summed E-state index contributed by atoms with van der Waals surface area (Å²) in [6.45, 7) is 3.75. The molecule has 0 heterocycles. The van der Waals surface area contributed by atoms with Gasteiger partial charge in [-0.25, -0.2) is 8.42 Å². The predicted octanol–water partition coefficient (Wildman–Crippen LogP) is 3.64. The van der Waals surface area contributed by atoms with Gasteiger partial charge in [-0.3, -0.25) is 0 Å². The standard InChI is InChI=1S/C17H15NO2S/c1-13-7-9-16(10-8-13)21(19,20)17(12-18)11-15-6-4-3-5-14(15)2/h3-11H,1-2H3/b17-11-. The van der Waals surface area contributed by atoms with E-state index in [0.29, 0.717) is 0 Å². The lowest BCUT2D eigenvalue weighted by molar-refractivity contribution is 0.603. The van der Waals surface area contributed by atoms with Crippen molar-refractivity contribution in [1.82, 2.24) is 0 Å². The van der Waals surface area contributed by atoms with E-state index >= 15 is 0 Å². The maximum Gasteiger partial charge on any atom is 0.216 e. The van der Waals surface area contributed by atoms with E-state index in [0.717, 1.165) is 16.7 Å². The lowest BCUT2D eigenvalue weighted by Crippen LogP contribution is -2.03. The monoisotopic (exact) mass is 297 g/mol. The van der Waals surface area contributed by atoms with Gasteiger partial charge in [0.15, 0.2) is 0 Å². The Hall–Kier alpha value is -2.38. The van der Waals surface area contributed by atoms with E-state index in [4.69, 9.17) is 0 Å². The highest BCUT2D eigenvalue weighted by molar-refractivity contribution is 7.95. The molecule has 0 aliphatic heterocycles. The zero-order valence-corrected chi connectivity index (χ0v) is 12.7. The van der Waals surface area contributed by atoms with Gasteiger partial charge < -0.3 is 0 Å². The van der Waals surface area contributed by atoms with E-state index in [1.807, 2.05) is 32.0 Å². The van der Waals surface area contributed by atoms with Gasteiger partial charge in [-0.1, -0.05) is 42.0 Å². The molecule has 0 amide bonds. The minimum Gasteiger partial charge on any atom is -0.218 e. The average molecular weight is 297 g/mol. The normalized spacial score (nSPS) is 12.0. The van der Waals surface area contributed by atoms with E-state index in [1.165, 1.54) is 18.2 Å². The van der Waals surface area contributed by atoms with Gasteiger partial charge in [0, 0.05) is 0 Å². The van der Waals surface area contributed by atoms with Crippen molar-refractivity contribution >= 4 is 15.9 Å². The first-order valence-corrected chi connectivity index (χ1v) is 7.92. The Morgan fingerprint density at radius 3 is 2.24 bits per heavy atom. The van der Waals surface area contributed by atoms with Crippen LogP contribution in [0.4, 0.5) is 0 Å². The number of nitriles is 1. The summed E-state index contributed by atoms with van der Waals surface area (Å²) in [5.74, 6) is 0. The van der Waals surface area contributed by atoms with E-state index in [-0.39, 0.29) is 9.80 Å². The second kappa shape index (κ2) is 5.94. The van der Waals surface area contributed by atoms with E-state index in [1.54, 1.807) is 24.3 Å². The van der Waals surface area contributed by atoms with Crippen LogP contribution in [-0.4, -0.2) is 8.42 Å². The summed E-state index contributed by atoms with van der Waals surface area (Å²) in [6, 6.07) is 15.6. The lowest BCUT2D eigenvalue weighted by atomic mass is 10.1. The van der Waals surface area contributed by atoms with Gasteiger partial charge >= 0.3 is 0 Å². The summed E-state index contributed by atoms with van der Waals surface area (Å²) >= 11 is 0. The quantitative estimate of drug-likeness (QED) is 0.813. The molecule has 0 radical (unpaired) electrons. The van der Waals surface area contributed by atoms with Gasteiger partial charge in [-0.2, -0.15) is 5.26 Å². The van der Waals surface area contributed by atoms with Crippen LogP contribution in [0.1, 0.15) is 16.7 Å². The van der Waals surface area contributed by atoms with Crippen LogP contribution in [0.25, 0.3) is 6.08 Å². The van der Waals surface area contributed by atoms with Gasteiger partial charge in [0.1, 0.15) is 11.0 Å². The molecule has 0 saturated heterocycles. The second-order valence-electron chi connectivity index (χ2n) is 4.79. The number of benzene rings is 2. The fourth-order valence-electron chi connectivity index (χ4n) is 1.90. The smallest absolute Gasteiger partial charge is 0.216 e. The molecule has 21 heavy (non-hydrogen) atoms. The van der Waals surface area contributed by atoms with Crippen LogP contribution in [0.3, 0.4) is 0 Å². The molecule has 0 N–H and O–H groups in total. The Labute approximate surface area is 125 Å². The third kappa shape index (κ3) is 3.21. The lowest BCUT2D eigenvalue weighted by Gasteiger charge is -2.05. The van der Waals surface area contributed by atoms with Crippen LogP contribution in [0.15, 0.2) is 58.3 Å². The number of nitrogens with zero attached hydrogens (tertiary/aromatic N) is 1. The number of hydrogen-bond donors (Lipinski definition) is 0. The van der Waals surface area contributed by atoms with Crippen LogP contribution in [0, 0.1) is 25.2 Å². The van der Waals surface area contributed by atoms with Crippen molar-refractivity contribution in [2.75, 3.05) is 0 Å². The van der Waals surface area contributed by atoms with Crippen molar-refractivity contribution < 1.29 is 8.42 Å². The summed E-state index contributed by atoms with van der Waals surface area (Å²) in [4.78, 5) is -0.116. The first-order chi connectivity index (χ1) is 9.95. The molecule has 0 atom stereocenters. The van der Waals surface area contributed by atoms with Crippen LogP contribution in [-0.2, 0) is 9.84 Å². The van der Waals surface area contributed by atoms with Gasteiger partial charge in [0.2, 0.25) is 9.84 Å². The number of sulfone groups is 1. The molecule has 0 bridgehead atoms. The zero-order valence-electron chi connectivity index (χ0n) is 11.9. The number of aryl methyl sites for hydroxylation is 2. The zero-order chi connectivity index (χ0) is 15.5. The molecule has 0 spiro atoms. The topological polar surface area (TPSA) is 57.9 Å². The molecule has 0 aliphatic rings. The first-order valence-electron chi connectivity index (χ1n) is 6.44. The molecule has 3 nitrogen and oxygen atoms in total. The number of rotatable bonds is 3. The molecule has 4 heteroatoms. The van der Waals surface area contributed by atoms with Crippen molar-refractivity contribution in [1.29, 1.82) is 5.26 Å². The van der Waals surface area contributed by atoms with Crippen molar-refractivity contribution in [3.63, 3.8) is 0 Å². The maximum atomic E-state index is 12.5. The van der Waals surface area contributed by atoms with E-state index in [2.05, 4.69) is 0 Å². The fraction of sp³-hybridized carbons (Fsp3) is 0.118. The van der Waals surface area contributed by atoms with E-state index < -0.39 is 9.84 Å². The summed E-state index contributed by atoms with van der Waals surface area (Å²) in [6.07, 6.45) is 1.42. The molecule has 2 aromatic carbocycles. The Morgan fingerprint density at radius 2 is 1.67 bits per heavy atom. The van der Waals surface area contributed by atoms with Gasteiger partial charge in [-0.15, -0.1) is 0 Å². The van der Waals surface area contributed by atoms with Gasteiger partial charge in [-0.05, 0) is 43.2 Å². The van der Waals surface area contributed by atoms with Crippen LogP contribution in [0.5, 0.6) is 0 Å². The molecule has 0 aromatic heterocycles. The minimum absolute atomic E-state index is 0.134. The van der Waals surface area contributed by atoms with Crippen LogP contribution >= 0.6 is 0 Å². The molecule has 2 aromatic rings. The largest absolute Gasteiger partial charge is 0.218 e. The molecule has 0 saturated carbocycles. The van der Waals surface area contributed by atoms with Gasteiger partial charge in [0.05, 0.1) is 4.90 Å². The molecular formula is C17H15NO2S. The van der Waals surface area contributed by atoms with Crippen molar-refractivity contribution in [3.8, 4) is 6.07 Å². The van der Waals surface area contributed by atoms with Crippen molar-refractivity contribution in [2.45, 2.75) is 18.7 Å². The fourth-order valence-corrected chi connectivity index (χ4v) is 3.05. The highest BCUT2D eigenvalue weighted by Gasteiger charge is 2.20. The molecule has 0 fully saturated rings. The Morgan fingerprint density at radius 1 is 1.05 bits per heavy atom. The summed E-state index contributed by atoms with van der Waals surface area (Å²) in [5.41, 5.74) is 2.62. The predicted molar refractivity (Wildman–Crippen MR) is 83.1 cm³/mol. The maximum absolute atomic E-state index is 12.5. The summed E-state index contributed by atoms with van der Waals surface area (Å²) < 4.78 is 25.0. The van der Waals surface area contributed by atoms with Crippen LogP contribution < -0.4 is 0 Å². The summed E-state index contributed by atoms with van der Waals surface area (Å²) in [7, 11) is -3.78. The van der Waals surface area contributed by atoms with Crippen molar-refractivity contribution in [2.24, 2.45) is 0 Å². The van der Waals surface area contributed by atoms with Crippen LogP contribution in [0.2, 0.25) is 0 Å². The third-order valence-electron chi connectivity index (χ3n) is 3.21. The third-order valence-corrected chi connectivity index (χ3v) is 4.89. The molecule has 2 rings (SSSR count). The van der Waals surface area contributed by atoms with E-state index in [9.17, 15) is 13.7 Å². The van der Waals surface area contributed by atoms with Crippen molar-refractivity contribution in [3.05, 3.63) is 70.1 Å². The minimum atomic E-state index is -3.78. The highest BCUT2D eigenvalue weighted by atomic mass is 32.2. The Balaban J connectivity index is 2.53. The number of allylic oxidation sites excluding steroid dienone is 1. The van der Waals surface area contributed by atoms with Gasteiger partial charge in [0.25, 0.3) is 0 Å². The molecule has 0 unspecified atom stereocenters. The molecule has 106 valence electrons. The second-order valence-corrected chi connectivity index (χ2v) is 6.71. The SMILES string of the molecule is Cc1ccc(S(=O)(=O)/C(C#N)=C\c2ccccc2C)cc1. The Kier molecular flexibility index (Phi) is 4.25.